The van der Waals surface area contributed by atoms with Crippen LogP contribution in [0.5, 0.6) is 0 Å². The summed E-state index contributed by atoms with van der Waals surface area (Å²) in [6, 6.07) is 0.961. The van der Waals surface area contributed by atoms with E-state index in [-0.39, 0.29) is 0 Å². The molecular formula is C13H24BrN. The Morgan fingerprint density at radius 3 is 2.67 bits per heavy atom. The largest absolute Gasteiger partial charge is 0.300 e. The van der Waals surface area contributed by atoms with Gasteiger partial charge in [0.25, 0.3) is 0 Å². The summed E-state index contributed by atoms with van der Waals surface area (Å²) in [7, 11) is 0. The Hall–Kier alpha value is 0.440. The molecule has 1 heterocycles. The number of hydrogen-bond acceptors (Lipinski definition) is 1. The highest BCUT2D eigenvalue weighted by Gasteiger charge is 2.32. The molecule has 15 heavy (non-hydrogen) atoms. The Labute approximate surface area is 103 Å². The van der Waals surface area contributed by atoms with Gasteiger partial charge in [0.1, 0.15) is 0 Å². The number of nitrogens with zero attached hydrogens (tertiary/aromatic N) is 1. The highest BCUT2D eigenvalue weighted by atomic mass is 79.9. The van der Waals surface area contributed by atoms with Crippen LogP contribution in [0.15, 0.2) is 0 Å². The second-order valence-electron chi connectivity index (χ2n) is 5.19. The molecule has 2 fully saturated rings. The zero-order valence-corrected chi connectivity index (χ0v) is 11.3. The predicted molar refractivity (Wildman–Crippen MR) is 69.6 cm³/mol. The number of unbranched alkanes of at least 4 members (excludes halogenated alkanes) is 1. The van der Waals surface area contributed by atoms with Crippen LogP contribution in [0.3, 0.4) is 0 Å². The van der Waals surface area contributed by atoms with Crippen LogP contribution in [0.2, 0.25) is 0 Å². The van der Waals surface area contributed by atoms with E-state index < -0.39 is 0 Å². The van der Waals surface area contributed by atoms with Gasteiger partial charge in [0.2, 0.25) is 0 Å². The van der Waals surface area contributed by atoms with Gasteiger partial charge in [-0.1, -0.05) is 28.8 Å². The van der Waals surface area contributed by atoms with Crippen LogP contribution in [0.4, 0.5) is 0 Å². The second-order valence-corrected chi connectivity index (χ2v) is 5.98. The van der Waals surface area contributed by atoms with Gasteiger partial charge in [-0.3, -0.25) is 0 Å². The molecule has 0 unspecified atom stereocenters. The van der Waals surface area contributed by atoms with Crippen molar-refractivity contribution in [1.29, 1.82) is 0 Å². The maximum Gasteiger partial charge on any atom is 0.0123 e. The Kier molecular flexibility index (Phi) is 4.96. The van der Waals surface area contributed by atoms with E-state index in [1.165, 1.54) is 69.8 Å². The van der Waals surface area contributed by atoms with Gasteiger partial charge in [0.05, 0.1) is 0 Å². The van der Waals surface area contributed by atoms with Crippen molar-refractivity contribution in [2.45, 2.75) is 57.4 Å². The Balaban J connectivity index is 1.81. The van der Waals surface area contributed by atoms with Gasteiger partial charge in [-0.25, -0.2) is 0 Å². The smallest absolute Gasteiger partial charge is 0.0123 e. The lowest BCUT2D eigenvalue weighted by atomic mass is 9.78. The average Bonchev–Trinajstić information content (AvgIpc) is 2.30. The first kappa shape index (κ1) is 11.9. The molecule has 0 bridgehead atoms. The molecule has 1 saturated heterocycles. The lowest BCUT2D eigenvalue weighted by Gasteiger charge is -2.44. The molecule has 88 valence electrons. The van der Waals surface area contributed by atoms with Gasteiger partial charge in [0, 0.05) is 11.4 Å². The first-order valence-electron chi connectivity index (χ1n) is 6.72. The van der Waals surface area contributed by atoms with Crippen molar-refractivity contribution >= 4 is 15.9 Å². The summed E-state index contributed by atoms with van der Waals surface area (Å²) in [6.07, 6.45) is 11.7. The van der Waals surface area contributed by atoms with E-state index in [4.69, 9.17) is 0 Å². The van der Waals surface area contributed by atoms with Crippen molar-refractivity contribution in [3.8, 4) is 0 Å². The summed E-state index contributed by atoms with van der Waals surface area (Å²) >= 11 is 3.52. The third-order valence-corrected chi connectivity index (χ3v) is 4.75. The molecule has 0 amide bonds. The van der Waals surface area contributed by atoms with Crippen molar-refractivity contribution in [2.75, 3.05) is 18.4 Å². The van der Waals surface area contributed by atoms with Crippen LogP contribution in [-0.4, -0.2) is 29.4 Å². The van der Waals surface area contributed by atoms with E-state index in [1.54, 1.807) is 0 Å². The van der Waals surface area contributed by atoms with Crippen LogP contribution in [0.1, 0.15) is 51.4 Å². The van der Waals surface area contributed by atoms with Crippen molar-refractivity contribution in [1.82, 2.24) is 4.90 Å². The first-order valence-corrected chi connectivity index (χ1v) is 7.84. The summed E-state index contributed by atoms with van der Waals surface area (Å²) in [5.41, 5.74) is 0. The van der Waals surface area contributed by atoms with Gasteiger partial charge in [0.15, 0.2) is 0 Å². The van der Waals surface area contributed by atoms with E-state index in [0.717, 1.165) is 12.0 Å². The molecule has 0 aromatic heterocycles. The molecule has 1 nitrogen and oxygen atoms in total. The summed E-state index contributed by atoms with van der Waals surface area (Å²) in [5, 5.41) is 1.18. The summed E-state index contributed by atoms with van der Waals surface area (Å²) < 4.78 is 0. The van der Waals surface area contributed by atoms with Gasteiger partial charge in [-0.05, 0) is 57.5 Å². The van der Waals surface area contributed by atoms with Gasteiger partial charge < -0.3 is 4.90 Å². The third-order valence-electron chi connectivity index (χ3n) is 4.19. The number of piperidine rings is 1. The van der Waals surface area contributed by atoms with Crippen LogP contribution in [-0.2, 0) is 0 Å². The highest BCUT2D eigenvalue weighted by molar-refractivity contribution is 9.09. The highest BCUT2D eigenvalue weighted by Crippen LogP contribution is 2.35. The molecule has 1 aliphatic heterocycles. The Morgan fingerprint density at radius 2 is 1.80 bits per heavy atom. The fraction of sp³-hybridized carbons (Fsp3) is 1.00. The van der Waals surface area contributed by atoms with Crippen LogP contribution >= 0.6 is 15.9 Å². The topological polar surface area (TPSA) is 3.24 Å². The number of alkyl halides is 1. The Morgan fingerprint density at radius 1 is 1.00 bits per heavy atom. The maximum atomic E-state index is 3.52. The van der Waals surface area contributed by atoms with E-state index in [1.807, 2.05) is 0 Å². The molecule has 0 N–H and O–H groups in total. The average molecular weight is 274 g/mol. The quantitative estimate of drug-likeness (QED) is 0.556. The second kappa shape index (κ2) is 6.24. The predicted octanol–water partition coefficient (Wildman–Crippen LogP) is 3.82. The van der Waals surface area contributed by atoms with E-state index in [9.17, 15) is 0 Å². The molecule has 2 atom stereocenters. The van der Waals surface area contributed by atoms with Crippen LogP contribution < -0.4 is 0 Å². The lowest BCUT2D eigenvalue weighted by molar-refractivity contribution is 0.0600. The first-order chi connectivity index (χ1) is 7.42. The fourth-order valence-electron chi connectivity index (χ4n) is 3.41. The lowest BCUT2D eigenvalue weighted by Crippen LogP contribution is -2.47. The van der Waals surface area contributed by atoms with E-state index in [2.05, 4.69) is 20.8 Å². The number of rotatable bonds is 4. The van der Waals surface area contributed by atoms with Gasteiger partial charge in [-0.15, -0.1) is 0 Å². The van der Waals surface area contributed by atoms with Crippen molar-refractivity contribution in [2.24, 2.45) is 5.92 Å². The van der Waals surface area contributed by atoms with Crippen molar-refractivity contribution in [3.05, 3.63) is 0 Å². The molecule has 2 heteroatoms. The molecule has 0 radical (unpaired) electrons. The number of likely N-dealkylation sites (tertiary alicyclic amines) is 1. The summed E-state index contributed by atoms with van der Waals surface area (Å²) in [5.74, 6) is 1.05. The minimum Gasteiger partial charge on any atom is -0.300 e. The zero-order valence-electron chi connectivity index (χ0n) is 9.76. The SMILES string of the molecule is BrCCCCN1CCC[C@H]2CCCC[C@H]21. The minimum absolute atomic E-state index is 0.961. The molecule has 2 aliphatic rings. The van der Waals surface area contributed by atoms with Crippen LogP contribution in [0.25, 0.3) is 0 Å². The molecule has 0 spiro atoms. The molecule has 2 rings (SSSR count). The summed E-state index contributed by atoms with van der Waals surface area (Å²) in [4.78, 5) is 2.80. The molecule has 0 aromatic rings. The van der Waals surface area contributed by atoms with Crippen molar-refractivity contribution < 1.29 is 0 Å². The molecule has 0 aromatic carbocycles. The van der Waals surface area contributed by atoms with E-state index >= 15 is 0 Å². The maximum absolute atomic E-state index is 3.52. The number of fused-ring (bicyclic) bond motifs is 1. The molecular weight excluding hydrogens is 250 g/mol. The third kappa shape index (κ3) is 3.20. The zero-order chi connectivity index (χ0) is 10.5. The summed E-state index contributed by atoms with van der Waals surface area (Å²) in [6.45, 7) is 2.73. The minimum atomic E-state index is 0.961. The number of hydrogen-bond donors (Lipinski definition) is 0. The monoisotopic (exact) mass is 273 g/mol. The van der Waals surface area contributed by atoms with Crippen molar-refractivity contribution in [3.63, 3.8) is 0 Å². The molecule has 1 aliphatic carbocycles. The van der Waals surface area contributed by atoms with Crippen LogP contribution in [0, 0.1) is 5.92 Å². The standard InChI is InChI=1S/C13H24BrN/c14-9-3-4-10-15-11-5-7-12-6-1-2-8-13(12)15/h12-13H,1-11H2/t12-,13-/m1/s1. The molecule has 1 saturated carbocycles. The Bertz CT molecular complexity index is 181. The normalized spacial score (nSPS) is 32.6. The van der Waals surface area contributed by atoms with E-state index in [0.29, 0.717) is 0 Å². The van der Waals surface area contributed by atoms with Gasteiger partial charge in [-0.2, -0.15) is 0 Å². The number of halogens is 1. The van der Waals surface area contributed by atoms with Gasteiger partial charge >= 0.3 is 0 Å². The fourth-order valence-corrected chi connectivity index (χ4v) is 3.81.